The zero-order valence-corrected chi connectivity index (χ0v) is 12.7. The third kappa shape index (κ3) is 5.71. The largest absolute Gasteiger partial charge is 0.381 e. The molecule has 18 heavy (non-hydrogen) atoms. The molecule has 0 amide bonds. The molecular weight excluding hydrogens is 222 g/mol. The van der Waals surface area contributed by atoms with Crippen molar-refractivity contribution in [2.24, 2.45) is 11.8 Å². The smallest absolute Gasteiger partial charge is 0.0480 e. The van der Waals surface area contributed by atoms with Gasteiger partial charge in [0.1, 0.15) is 0 Å². The second kappa shape index (κ2) is 9.80. The molecule has 0 aliphatic heterocycles. The third-order valence-electron chi connectivity index (χ3n) is 4.36. The van der Waals surface area contributed by atoms with E-state index in [2.05, 4.69) is 26.1 Å². The molecule has 0 aromatic carbocycles. The van der Waals surface area contributed by atoms with Gasteiger partial charge in [0.25, 0.3) is 0 Å². The molecule has 1 rings (SSSR count). The SMILES string of the molecule is CCCOCCC(NCC)C1CCCC(CC)C1. The Bertz CT molecular complexity index is 196. The van der Waals surface area contributed by atoms with Gasteiger partial charge in [0.05, 0.1) is 0 Å². The first-order chi connectivity index (χ1) is 8.81. The third-order valence-corrected chi connectivity index (χ3v) is 4.36. The van der Waals surface area contributed by atoms with Crippen LogP contribution in [0.15, 0.2) is 0 Å². The Labute approximate surface area is 114 Å². The van der Waals surface area contributed by atoms with Crippen LogP contribution in [0.3, 0.4) is 0 Å². The van der Waals surface area contributed by atoms with Crippen LogP contribution in [0, 0.1) is 11.8 Å². The Morgan fingerprint density at radius 2 is 2.00 bits per heavy atom. The zero-order chi connectivity index (χ0) is 13.2. The van der Waals surface area contributed by atoms with Crippen LogP contribution in [0.4, 0.5) is 0 Å². The molecule has 0 heterocycles. The maximum atomic E-state index is 5.66. The van der Waals surface area contributed by atoms with E-state index in [1.807, 2.05) is 0 Å². The summed E-state index contributed by atoms with van der Waals surface area (Å²) in [4.78, 5) is 0. The summed E-state index contributed by atoms with van der Waals surface area (Å²) in [6.45, 7) is 9.68. The second-order valence-corrected chi connectivity index (χ2v) is 5.77. The fourth-order valence-corrected chi connectivity index (χ4v) is 3.29. The van der Waals surface area contributed by atoms with Crippen molar-refractivity contribution in [2.45, 2.75) is 71.8 Å². The fraction of sp³-hybridized carbons (Fsp3) is 1.00. The van der Waals surface area contributed by atoms with E-state index < -0.39 is 0 Å². The van der Waals surface area contributed by atoms with Gasteiger partial charge in [-0.15, -0.1) is 0 Å². The molecule has 0 radical (unpaired) electrons. The molecule has 1 N–H and O–H groups in total. The Morgan fingerprint density at radius 3 is 2.67 bits per heavy atom. The second-order valence-electron chi connectivity index (χ2n) is 5.77. The van der Waals surface area contributed by atoms with Crippen molar-refractivity contribution >= 4 is 0 Å². The Balaban J connectivity index is 2.34. The highest BCUT2D eigenvalue weighted by Gasteiger charge is 2.26. The normalized spacial score (nSPS) is 26.2. The van der Waals surface area contributed by atoms with Crippen molar-refractivity contribution < 1.29 is 4.74 Å². The Morgan fingerprint density at radius 1 is 1.17 bits per heavy atom. The van der Waals surface area contributed by atoms with Gasteiger partial charge in [-0.05, 0) is 44.1 Å². The van der Waals surface area contributed by atoms with Crippen LogP contribution >= 0.6 is 0 Å². The Kier molecular flexibility index (Phi) is 8.70. The first-order valence-electron chi connectivity index (χ1n) is 8.12. The molecule has 0 aromatic heterocycles. The van der Waals surface area contributed by atoms with Gasteiger partial charge in [0.15, 0.2) is 0 Å². The monoisotopic (exact) mass is 255 g/mol. The molecule has 2 heteroatoms. The number of ether oxygens (including phenoxy) is 1. The molecule has 2 nitrogen and oxygen atoms in total. The molecule has 0 saturated heterocycles. The number of hydrogen-bond acceptors (Lipinski definition) is 2. The van der Waals surface area contributed by atoms with Gasteiger partial charge >= 0.3 is 0 Å². The summed E-state index contributed by atoms with van der Waals surface area (Å²) < 4.78 is 5.66. The van der Waals surface area contributed by atoms with E-state index in [1.165, 1.54) is 38.5 Å². The van der Waals surface area contributed by atoms with E-state index in [4.69, 9.17) is 4.74 Å². The molecule has 108 valence electrons. The molecule has 1 saturated carbocycles. The molecule has 1 aliphatic rings. The van der Waals surface area contributed by atoms with Crippen molar-refractivity contribution in [3.05, 3.63) is 0 Å². The molecule has 0 bridgehead atoms. The lowest BCUT2D eigenvalue weighted by Gasteiger charge is -2.34. The van der Waals surface area contributed by atoms with E-state index in [9.17, 15) is 0 Å². The summed E-state index contributed by atoms with van der Waals surface area (Å²) in [5.41, 5.74) is 0. The predicted molar refractivity (Wildman–Crippen MR) is 78.9 cm³/mol. The van der Waals surface area contributed by atoms with Crippen LogP contribution in [-0.2, 0) is 4.74 Å². The van der Waals surface area contributed by atoms with E-state index in [1.54, 1.807) is 0 Å². The van der Waals surface area contributed by atoms with Gasteiger partial charge in [-0.1, -0.05) is 40.0 Å². The van der Waals surface area contributed by atoms with E-state index >= 15 is 0 Å². The van der Waals surface area contributed by atoms with Gasteiger partial charge in [0, 0.05) is 19.3 Å². The van der Waals surface area contributed by atoms with Crippen molar-refractivity contribution in [1.82, 2.24) is 5.32 Å². The van der Waals surface area contributed by atoms with Crippen molar-refractivity contribution in [3.8, 4) is 0 Å². The van der Waals surface area contributed by atoms with Crippen LogP contribution in [0.25, 0.3) is 0 Å². The van der Waals surface area contributed by atoms with Crippen LogP contribution in [-0.4, -0.2) is 25.8 Å². The number of nitrogens with one attached hydrogen (secondary N) is 1. The number of hydrogen-bond donors (Lipinski definition) is 1. The molecule has 0 spiro atoms. The summed E-state index contributed by atoms with van der Waals surface area (Å²) in [6, 6.07) is 0.682. The average molecular weight is 255 g/mol. The number of rotatable bonds is 9. The molecule has 3 atom stereocenters. The predicted octanol–water partition coefficient (Wildman–Crippen LogP) is 4.00. The highest BCUT2D eigenvalue weighted by atomic mass is 16.5. The molecular formula is C16H33NO. The summed E-state index contributed by atoms with van der Waals surface area (Å²) in [5, 5.41) is 3.69. The molecule has 1 fully saturated rings. The first kappa shape index (κ1) is 16.0. The lowest BCUT2D eigenvalue weighted by molar-refractivity contribution is 0.108. The Hall–Kier alpha value is -0.0800. The van der Waals surface area contributed by atoms with Crippen molar-refractivity contribution in [1.29, 1.82) is 0 Å². The van der Waals surface area contributed by atoms with E-state index in [0.29, 0.717) is 6.04 Å². The summed E-state index contributed by atoms with van der Waals surface area (Å²) in [6.07, 6.45) is 9.42. The lowest BCUT2D eigenvalue weighted by Crippen LogP contribution is -2.39. The zero-order valence-electron chi connectivity index (χ0n) is 12.7. The van der Waals surface area contributed by atoms with Crippen molar-refractivity contribution in [2.75, 3.05) is 19.8 Å². The quantitative estimate of drug-likeness (QED) is 0.629. The van der Waals surface area contributed by atoms with Gasteiger partial charge in [-0.25, -0.2) is 0 Å². The minimum Gasteiger partial charge on any atom is -0.381 e. The van der Waals surface area contributed by atoms with Crippen LogP contribution in [0.5, 0.6) is 0 Å². The van der Waals surface area contributed by atoms with Gasteiger partial charge in [-0.2, -0.15) is 0 Å². The van der Waals surface area contributed by atoms with E-state index in [-0.39, 0.29) is 0 Å². The van der Waals surface area contributed by atoms with Crippen molar-refractivity contribution in [3.63, 3.8) is 0 Å². The summed E-state index contributed by atoms with van der Waals surface area (Å²) >= 11 is 0. The molecule has 1 aliphatic carbocycles. The maximum Gasteiger partial charge on any atom is 0.0480 e. The standard InChI is InChI=1S/C16H33NO/c1-4-11-18-12-10-16(17-6-3)15-9-7-8-14(5-2)13-15/h14-17H,4-13H2,1-3H3. The first-order valence-corrected chi connectivity index (χ1v) is 8.12. The minimum atomic E-state index is 0.682. The molecule has 3 unspecified atom stereocenters. The fourth-order valence-electron chi connectivity index (χ4n) is 3.29. The average Bonchev–Trinajstić information content (AvgIpc) is 2.42. The highest BCUT2D eigenvalue weighted by molar-refractivity contribution is 4.82. The van der Waals surface area contributed by atoms with Crippen LogP contribution in [0.2, 0.25) is 0 Å². The minimum absolute atomic E-state index is 0.682. The molecule has 0 aromatic rings. The van der Waals surface area contributed by atoms with Crippen LogP contribution in [0.1, 0.15) is 65.7 Å². The van der Waals surface area contributed by atoms with E-state index in [0.717, 1.165) is 38.0 Å². The van der Waals surface area contributed by atoms with Gasteiger partial charge < -0.3 is 10.1 Å². The highest BCUT2D eigenvalue weighted by Crippen LogP contribution is 2.33. The van der Waals surface area contributed by atoms with Crippen LogP contribution < -0.4 is 5.32 Å². The summed E-state index contributed by atoms with van der Waals surface area (Å²) in [5.74, 6) is 1.86. The lowest BCUT2D eigenvalue weighted by atomic mass is 9.76. The van der Waals surface area contributed by atoms with Gasteiger partial charge in [-0.3, -0.25) is 0 Å². The maximum absolute atomic E-state index is 5.66. The summed E-state index contributed by atoms with van der Waals surface area (Å²) in [7, 11) is 0. The topological polar surface area (TPSA) is 21.3 Å². The van der Waals surface area contributed by atoms with Gasteiger partial charge in [0.2, 0.25) is 0 Å².